The minimum atomic E-state index is -2.09. The molecule has 2 aliphatic rings. The lowest BCUT2D eigenvalue weighted by Crippen LogP contribution is -2.54. The molecule has 0 unspecified atom stereocenters. The zero-order valence-corrected chi connectivity index (χ0v) is 20.1. The van der Waals surface area contributed by atoms with E-state index in [9.17, 15) is 14.4 Å². The molecule has 164 valence electrons. The van der Waals surface area contributed by atoms with Gasteiger partial charge in [0.05, 0.1) is 13.5 Å². The number of Topliss-reactive ketones (excluding diaryl/α,β-unsaturated/α-hetero) is 1. The number of hydrogen-bond acceptors (Lipinski definition) is 5. The molecule has 1 saturated carbocycles. The number of carbonyl (C=O) groups excluding carboxylic acids is 3. The summed E-state index contributed by atoms with van der Waals surface area (Å²) < 4.78 is 11.8. The van der Waals surface area contributed by atoms with Crippen LogP contribution in [0.1, 0.15) is 51.2 Å². The largest absolute Gasteiger partial charge is 0.468 e. The molecule has 0 bridgehead atoms. The first-order valence-electron chi connectivity index (χ1n) is 10.5. The molecule has 0 aromatic heterocycles. The normalized spacial score (nSPS) is 24.8. The van der Waals surface area contributed by atoms with Gasteiger partial charge < -0.3 is 14.1 Å². The number of ether oxygens (including phenoxy) is 1. The van der Waals surface area contributed by atoms with E-state index in [1.165, 1.54) is 7.11 Å². The summed E-state index contributed by atoms with van der Waals surface area (Å²) in [5.41, 5.74) is 0.660. The lowest BCUT2D eigenvalue weighted by atomic mass is 9.66. The molecule has 1 aromatic rings. The molecule has 6 nitrogen and oxygen atoms in total. The first-order valence-corrected chi connectivity index (χ1v) is 13.4. The second-order valence-electron chi connectivity index (χ2n) is 10.00. The summed E-state index contributed by atoms with van der Waals surface area (Å²) in [5, 5.41) is 0.0194. The number of anilines is 1. The SMILES string of the molecule is COC(=O)[C@@]1(c2cccc3c2CC(=O)N3C)C[C@@H](O[Si](C)(C)C(C)(C)C)CCC1=O. The number of carbonyl (C=O) groups is 3. The maximum absolute atomic E-state index is 13.3. The quantitative estimate of drug-likeness (QED) is 0.412. The number of amides is 1. The lowest BCUT2D eigenvalue weighted by molar-refractivity contribution is -0.155. The molecule has 1 amide bonds. The van der Waals surface area contributed by atoms with E-state index in [0.29, 0.717) is 12.0 Å². The van der Waals surface area contributed by atoms with Crippen LogP contribution in [0.15, 0.2) is 18.2 Å². The highest BCUT2D eigenvalue weighted by Gasteiger charge is 2.55. The zero-order valence-electron chi connectivity index (χ0n) is 19.1. The third-order valence-electron chi connectivity index (χ3n) is 7.18. The minimum Gasteiger partial charge on any atom is -0.468 e. The van der Waals surface area contributed by atoms with Crippen molar-refractivity contribution in [2.45, 2.75) is 76.1 Å². The van der Waals surface area contributed by atoms with E-state index in [1.54, 1.807) is 24.1 Å². The highest BCUT2D eigenvalue weighted by Crippen LogP contribution is 2.46. The molecule has 0 N–H and O–H groups in total. The molecule has 1 aromatic carbocycles. The maximum atomic E-state index is 13.3. The van der Waals surface area contributed by atoms with Crippen LogP contribution in [0.5, 0.6) is 0 Å². The van der Waals surface area contributed by atoms with Gasteiger partial charge in [0.2, 0.25) is 5.91 Å². The monoisotopic (exact) mass is 431 g/mol. The molecule has 0 radical (unpaired) electrons. The Balaban J connectivity index is 2.09. The van der Waals surface area contributed by atoms with Crippen LogP contribution in [0, 0.1) is 0 Å². The van der Waals surface area contributed by atoms with Gasteiger partial charge in [-0.3, -0.25) is 14.4 Å². The van der Waals surface area contributed by atoms with Gasteiger partial charge in [0.25, 0.3) is 0 Å². The number of ketones is 1. The van der Waals surface area contributed by atoms with Crippen LogP contribution in [0.4, 0.5) is 5.69 Å². The van der Waals surface area contributed by atoms with Crippen LogP contribution < -0.4 is 4.90 Å². The van der Waals surface area contributed by atoms with E-state index in [4.69, 9.17) is 9.16 Å². The predicted molar refractivity (Wildman–Crippen MR) is 118 cm³/mol. The molecule has 0 saturated heterocycles. The average molecular weight is 432 g/mol. The van der Waals surface area contributed by atoms with E-state index >= 15 is 0 Å². The summed E-state index contributed by atoms with van der Waals surface area (Å²) >= 11 is 0. The third kappa shape index (κ3) is 3.52. The van der Waals surface area contributed by atoms with Crippen LogP contribution >= 0.6 is 0 Å². The lowest BCUT2D eigenvalue weighted by Gasteiger charge is -2.44. The van der Waals surface area contributed by atoms with Crippen molar-refractivity contribution in [2.24, 2.45) is 0 Å². The fourth-order valence-corrected chi connectivity index (χ4v) is 5.77. The Morgan fingerprint density at radius 2 is 1.90 bits per heavy atom. The first kappa shape index (κ1) is 22.7. The number of rotatable bonds is 4. The van der Waals surface area contributed by atoms with Crippen molar-refractivity contribution in [1.82, 2.24) is 0 Å². The first-order chi connectivity index (χ1) is 13.8. The molecule has 7 heteroatoms. The molecular formula is C23H33NO5Si. The predicted octanol–water partition coefficient (Wildman–Crippen LogP) is 3.76. The molecule has 1 aliphatic heterocycles. The third-order valence-corrected chi connectivity index (χ3v) is 11.7. The standard InChI is InChI=1S/C23H33NO5Si/c1-22(2,3)30(6,7)29-15-11-12-19(25)23(14-15,21(27)28-5)17-9-8-10-18-16(17)13-20(26)24(18)4/h8-10,15H,11-14H2,1-7H3/t15-,23+/m0/s1. The number of nitrogens with zero attached hydrogens (tertiary/aromatic N) is 1. The Morgan fingerprint density at radius 1 is 1.23 bits per heavy atom. The molecular weight excluding hydrogens is 398 g/mol. The van der Waals surface area contributed by atoms with Crippen molar-refractivity contribution in [3.63, 3.8) is 0 Å². The van der Waals surface area contributed by atoms with Crippen LogP contribution in [0.25, 0.3) is 0 Å². The Hall–Kier alpha value is -1.99. The highest BCUT2D eigenvalue weighted by atomic mass is 28.4. The summed E-state index contributed by atoms with van der Waals surface area (Å²) in [7, 11) is 0.942. The van der Waals surface area contributed by atoms with Crippen LogP contribution in [-0.4, -0.2) is 46.2 Å². The maximum Gasteiger partial charge on any atom is 0.324 e. The molecule has 30 heavy (non-hydrogen) atoms. The summed E-state index contributed by atoms with van der Waals surface area (Å²) in [6.45, 7) is 10.9. The summed E-state index contributed by atoms with van der Waals surface area (Å²) in [5.74, 6) is -0.763. The highest BCUT2D eigenvalue weighted by molar-refractivity contribution is 6.74. The van der Waals surface area contributed by atoms with E-state index in [2.05, 4.69) is 33.9 Å². The van der Waals surface area contributed by atoms with Crippen LogP contribution in [-0.2, 0) is 35.4 Å². The van der Waals surface area contributed by atoms with Crippen molar-refractivity contribution >= 4 is 31.7 Å². The van der Waals surface area contributed by atoms with Gasteiger partial charge in [0.1, 0.15) is 0 Å². The van der Waals surface area contributed by atoms with Crippen molar-refractivity contribution in [2.75, 3.05) is 19.1 Å². The fourth-order valence-electron chi connectivity index (χ4n) is 4.38. The number of benzene rings is 1. The summed E-state index contributed by atoms with van der Waals surface area (Å²) in [4.78, 5) is 40.5. The van der Waals surface area contributed by atoms with Gasteiger partial charge >= 0.3 is 5.97 Å². The average Bonchev–Trinajstić information content (AvgIpc) is 2.96. The fraction of sp³-hybridized carbons (Fsp3) is 0.609. The molecule has 0 spiro atoms. The Labute approximate surface area is 180 Å². The summed E-state index contributed by atoms with van der Waals surface area (Å²) in [6, 6.07) is 5.46. The van der Waals surface area contributed by atoms with Crippen molar-refractivity contribution in [3.8, 4) is 0 Å². The minimum absolute atomic E-state index is 0.0194. The Bertz CT molecular complexity index is 878. The van der Waals surface area contributed by atoms with E-state index in [-0.39, 0.29) is 42.1 Å². The number of likely N-dealkylation sites (N-methyl/N-ethyl adjacent to an activating group) is 1. The van der Waals surface area contributed by atoms with Gasteiger partial charge in [-0.25, -0.2) is 0 Å². The van der Waals surface area contributed by atoms with Crippen molar-refractivity contribution < 1.29 is 23.5 Å². The number of hydrogen-bond donors (Lipinski definition) is 0. The van der Waals surface area contributed by atoms with Gasteiger partial charge in [-0.05, 0) is 48.2 Å². The zero-order chi connectivity index (χ0) is 22.5. The van der Waals surface area contributed by atoms with Gasteiger partial charge in [0.15, 0.2) is 19.5 Å². The second-order valence-corrected chi connectivity index (χ2v) is 14.8. The summed E-state index contributed by atoms with van der Waals surface area (Å²) in [6.07, 6.45) is 1.06. The van der Waals surface area contributed by atoms with Gasteiger partial charge in [-0.2, -0.15) is 0 Å². The second kappa shape index (κ2) is 7.61. The van der Waals surface area contributed by atoms with Gasteiger partial charge in [-0.1, -0.05) is 32.9 Å². The molecule has 1 heterocycles. The van der Waals surface area contributed by atoms with Crippen molar-refractivity contribution in [3.05, 3.63) is 29.3 Å². The topological polar surface area (TPSA) is 72.9 Å². The Morgan fingerprint density at radius 3 is 2.50 bits per heavy atom. The molecule has 1 aliphatic carbocycles. The van der Waals surface area contributed by atoms with Gasteiger partial charge in [-0.15, -0.1) is 0 Å². The molecule has 3 rings (SSSR count). The van der Waals surface area contributed by atoms with Crippen LogP contribution in [0.3, 0.4) is 0 Å². The van der Waals surface area contributed by atoms with E-state index in [0.717, 1.165) is 11.3 Å². The van der Waals surface area contributed by atoms with Crippen molar-refractivity contribution in [1.29, 1.82) is 0 Å². The number of fused-ring (bicyclic) bond motifs is 1. The number of esters is 1. The Kier molecular flexibility index (Phi) is 5.75. The van der Waals surface area contributed by atoms with E-state index in [1.807, 2.05) is 6.07 Å². The molecule has 1 fully saturated rings. The smallest absolute Gasteiger partial charge is 0.324 e. The van der Waals surface area contributed by atoms with Crippen LogP contribution in [0.2, 0.25) is 18.1 Å². The van der Waals surface area contributed by atoms with Gasteiger partial charge in [0, 0.05) is 25.3 Å². The number of methoxy groups -OCH3 is 1. The van der Waals surface area contributed by atoms with E-state index < -0.39 is 19.7 Å². The molecule has 2 atom stereocenters.